The number of hydrogen-bond donors (Lipinski definition) is 2. The van der Waals surface area contributed by atoms with Crippen molar-refractivity contribution in [2.75, 3.05) is 0 Å². The van der Waals surface area contributed by atoms with Crippen molar-refractivity contribution in [1.82, 2.24) is 9.99 Å². The highest BCUT2D eigenvalue weighted by Gasteiger charge is 2.10. The van der Waals surface area contributed by atoms with E-state index in [9.17, 15) is 9.90 Å². The van der Waals surface area contributed by atoms with E-state index in [4.69, 9.17) is 0 Å². The first-order valence-electron chi connectivity index (χ1n) is 8.90. The van der Waals surface area contributed by atoms with Crippen LogP contribution in [0.25, 0.3) is 5.69 Å². The monoisotopic (exact) mass is 361 g/mol. The van der Waals surface area contributed by atoms with Crippen molar-refractivity contribution in [3.05, 3.63) is 82.7 Å². The molecule has 0 spiro atoms. The van der Waals surface area contributed by atoms with Crippen molar-refractivity contribution in [3.8, 4) is 11.4 Å². The van der Waals surface area contributed by atoms with E-state index in [1.807, 2.05) is 19.9 Å². The molecule has 0 radical (unpaired) electrons. The Morgan fingerprint density at radius 2 is 1.78 bits per heavy atom. The average molecular weight is 361 g/mol. The Balaban J connectivity index is 1.76. The Bertz CT molecular complexity index is 968. The highest BCUT2D eigenvalue weighted by atomic mass is 16.3. The summed E-state index contributed by atoms with van der Waals surface area (Å²) in [5.74, 6) is -0.204. The Morgan fingerprint density at radius 3 is 2.41 bits per heavy atom. The zero-order valence-corrected chi connectivity index (χ0v) is 15.7. The maximum atomic E-state index is 12.1. The molecule has 2 N–H and O–H groups in total. The summed E-state index contributed by atoms with van der Waals surface area (Å²) in [6, 6.07) is 16.6. The first-order valence-corrected chi connectivity index (χ1v) is 8.90. The summed E-state index contributed by atoms with van der Waals surface area (Å²) in [6.07, 6.45) is 2.67. The molecule has 5 heteroatoms. The SMILES string of the molecule is CCc1ccc(-n2c(C)cc(/C=N\NC(=O)c3ccc(O)cc3)c2C)cc1. The van der Waals surface area contributed by atoms with E-state index in [1.54, 1.807) is 18.3 Å². The molecular weight excluding hydrogens is 338 g/mol. The number of carbonyl (C=O) groups is 1. The quantitative estimate of drug-likeness (QED) is 0.530. The van der Waals surface area contributed by atoms with E-state index in [0.717, 1.165) is 29.1 Å². The van der Waals surface area contributed by atoms with Gasteiger partial charge < -0.3 is 9.67 Å². The van der Waals surface area contributed by atoms with Crippen LogP contribution in [0.4, 0.5) is 0 Å². The molecule has 5 nitrogen and oxygen atoms in total. The number of aryl methyl sites for hydroxylation is 2. The predicted octanol–water partition coefficient (Wildman–Crippen LogP) is 4.13. The smallest absolute Gasteiger partial charge is 0.271 e. The van der Waals surface area contributed by atoms with Crippen LogP contribution < -0.4 is 5.43 Å². The third kappa shape index (κ3) is 4.08. The van der Waals surface area contributed by atoms with Gasteiger partial charge in [0.05, 0.1) is 6.21 Å². The number of aromatic nitrogens is 1. The lowest BCUT2D eigenvalue weighted by molar-refractivity contribution is 0.0955. The summed E-state index contributed by atoms with van der Waals surface area (Å²) in [7, 11) is 0. The molecule has 0 aliphatic carbocycles. The van der Waals surface area contributed by atoms with Crippen LogP contribution in [0.3, 0.4) is 0 Å². The van der Waals surface area contributed by atoms with Gasteiger partial charge in [-0.15, -0.1) is 0 Å². The van der Waals surface area contributed by atoms with Gasteiger partial charge in [0, 0.05) is 28.2 Å². The fraction of sp³-hybridized carbons (Fsp3) is 0.182. The van der Waals surface area contributed by atoms with Gasteiger partial charge in [0.1, 0.15) is 5.75 Å². The first-order chi connectivity index (χ1) is 13.0. The fourth-order valence-electron chi connectivity index (χ4n) is 3.03. The third-order valence-electron chi connectivity index (χ3n) is 4.57. The van der Waals surface area contributed by atoms with E-state index >= 15 is 0 Å². The minimum atomic E-state index is -0.324. The van der Waals surface area contributed by atoms with Gasteiger partial charge in [-0.05, 0) is 68.3 Å². The second-order valence-corrected chi connectivity index (χ2v) is 6.43. The average Bonchev–Trinajstić information content (AvgIpc) is 2.96. The lowest BCUT2D eigenvalue weighted by Crippen LogP contribution is -2.17. The molecule has 0 saturated carbocycles. The summed E-state index contributed by atoms with van der Waals surface area (Å²) in [6.45, 7) is 6.22. The van der Waals surface area contributed by atoms with E-state index in [2.05, 4.69) is 46.3 Å². The highest BCUT2D eigenvalue weighted by Crippen LogP contribution is 2.20. The second kappa shape index (κ2) is 7.91. The molecule has 0 unspecified atom stereocenters. The summed E-state index contributed by atoms with van der Waals surface area (Å²) < 4.78 is 2.17. The molecule has 0 fully saturated rings. The minimum absolute atomic E-state index is 0.120. The number of phenolic OH excluding ortho intramolecular Hbond substituents is 1. The predicted molar refractivity (Wildman–Crippen MR) is 108 cm³/mol. The molecule has 0 atom stereocenters. The van der Waals surface area contributed by atoms with Gasteiger partial charge in [-0.25, -0.2) is 5.43 Å². The van der Waals surface area contributed by atoms with Crippen molar-refractivity contribution in [1.29, 1.82) is 0 Å². The topological polar surface area (TPSA) is 66.6 Å². The number of hydrogen-bond acceptors (Lipinski definition) is 3. The molecule has 1 heterocycles. The molecule has 0 aliphatic rings. The van der Waals surface area contributed by atoms with Gasteiger partial charge in [0.25, 0.3) is 5.91 Å². The van der Waals surface area contributed by atoms with Crippen molar-refractivity contribution >= 4 is 12.1 Å². The van der Waals surface area contributed by atoms with E-state index in [-0.39, 0.29) is 11.7 Å². The largest absolute Gasteiger partial charge is 0.508 e. The Labute approximate surface area is 159 Å². The van der Waals surface area contributed by atoms with Crippen LogP contribution in [0.1, 0.15) is 39.8 Å². The van der Waals surface area contributed by atoms with Crippen molar-refractivity contribution in [2.24, 2.45) is 5.10 Å². The van der Waals surface area contributed by atoms with Crippen LogP contribution >= 0.6 is 0 Å². The maximum absolute atomic E-state index is 12.1. The van der Waals surface area contributed by atoms with E-state index < -0.39 is 0 Å². The third-order valence-corrected chi connectivity index (χ3v) is 4.57. The summed E-state index contributed by atoms with van der Waals surface area (Å²) in [4.78, 5) is 12.1. The van der Waals surface area contributed by atoms with Crippen molar-refractivity contribution in [2.45, 2.75) is 27.2 Å². The standard InChI is InChI=1S/C22H23N3O2/c1-4-17-5-9-20(10-6-17)25-15(2)13-19(16(25)3)14-23-24-22(27)18-7-11-21(26)12-8-18/h5-14,26H,4H2,1-3H3,(H,24,27)/b23-14-. The minimum Gasteiger partial charge on any atom is -0.508 e. The lowest BCUT2D eigenvalue weighted by Gasteiger charge is -2.10. The molecule has 2 aromatic carbocycles. The molecule has 0 bridgehead atoms. The summed E-state index contributed by atoms with van der Waals surface area (Å²) in [5, 5.41) is 13.4. The van der Waals surface area contributed by atoms with Gasteiger partial charge in [-0.1, -0.05) is 19.1 Å². The van der Waals surface area contributed by atoms with Crippen LogP contribution in [-0.4, -0.2) is 21.8 Å². The van der Waals surface area contributed by atoms with E-state index in [0.29, 0.717) is 5.56 Å². The van der Waals surface area contributed by atoms with Gasteiger partial charge in [0.15, 0.2) is 0 Å². The van der Waals surface area contributed by atoms with Crippen molar-refractivity contribution < 1.29 is 9.90 Å². The number of phenols is 1. The van der Waals surface area contributed by atoms with Crippen molar-refractivity contribution in [3.63, 3.8) is 0 Å². The molecule has 3 rings (SSSR count). The van der Waals surface area contributed by atoms with Crippen LogP contribution in [-0.2, 0) is 6.42 Å². The number of nitrogens with zero attached hydrogens (tertiary/aromatic N) is 2. The zero-order valence-electron chi connectivity index (χ0n) is 15.7. The normalized spacial score (nSPS) is 11.1. The zero-order chi connectivity index (χ0) is 19.4. The fourth-order valence-corrected chi connectivity index (χ4v) is 3.03. The number of benzene rings is 2. The first kappa shape index (κ1) is 18.5. The Kier molecular flexibility index (Phi) is 5.41. The van der Waals surface area contributed by atoms with Crippen LogP contribution in [0, 0.1) is 13.8 Å². The molecule has 0 saturated heterocycles. The van der Waals surface area contributed by atoms with Crippen LogP contribution in [0.2, 0.25) is 0 Å². The molecule has 0 aliphatic heterocycles. The molecule has 138 valence electrons. The second-order valence-electron chi connectivity index (χ2n) is 6.43. The number of nitrogens with one attached hydrogen (secondary N) is 1. The Hall–Kier alpha value is -3.34. The lowest BCUT2D eigenvalue weighted by atomic mass is 10.1. The maximum Gasteiger partial charge on any atom is 0.271 e. The summed E-state index contributed by atoms with van der Waals surface area (Å²) >= 11 is 0. The number of hydrazone groups is 1. The van der Waals surface area contributed by atoms with E-state index in [1.165, 1.54) is 17.7 Å². The molecule has 27 heavy (non-hydrogen) atoms. The van der Waals surface area contributed by atoms with Crippen LogP contribution in [0.5, 0.6) is 5.75 Å². The van der Waals surface area contributed by atoms with Gasteiger partial charge in [-0.3, -0.25) is 4.79 Å². The molecule has 1 amide bonds. The van der Waals surface area contributed by atoms with Gasteiger partial charge in [0.2, 0.25) is 0 Å². The number of aromatic hydroxyl groups is 1. The molecule has 1 aromatic heterocycles. The Morgan fingerprint density at radius 1 is 1.11 bits per heavy atom. The number of amides is 1. The van der Waals surface area contributed by atoms with Gasteiger partial charge >= 0.3 is 0 Å². The van der Waals surface area contributed by atoms with Gasteiger partial charge in [-0.2, -0.15) is 5.10 Å². The highest BCUT2D eigenvalue weighted by molar-refractivity contribution is 5.95. The molecular formula is C22H23N3O2. The molecule has 3 aromatic rings. The van der Waals surface area contributed by atoms with Crippen LogP contribution in [0.15, 0.2) is 59.7 Å². The number of rotatable bonds is 5. The summed E-state index contributed by atoms with van der Waals surface area (Å²) in [5.41, 5.74) is 8.46. The number of carbonyl (C=O) groups excluding carboxylic acids is 1.